The van der Waals surface area contributed by atoms with Gasteiger partial charge in [-0.05, 0) is 54.3 Å². The van der Waals surface area contributed by atoms with E-state index in [-0.39, 0.29) is 11.9 Å². The van der Waals surface area contributed by atoms with E-state index in [2.05, 4.69) is 10.3 Å². The molecule has 0 spiro atoms. The number of halogens is 1. The zero-order valence-electron chi connectivity index (χ0n) is 17.2. The molecular formula is C22H27FN2O4. The topological polar surface area (TPSA) is 69.2 Å². The molecule has 2 aromatic carbocycles. The number of methoxy groups -OCH3 is 2. The molecule has 0 fully saturated rings. The van der Waals surface area contributed by atoms with Crippen LogP contribution < -0.4 is 14.8 Å². The van der Waals surface area contributed by atoms with E-state index in [1.807, 2.05) is 32.0 Å². The molecule has 2 aromatic rings. The van der Waals surface area contributed by atoms with Crippen molar-refractivity contribution in [1.82, 2.24) is 5.32 Å². The summed E-state index contributed by atoms with van der Waals surface area (Å²) >= 11 is 0. The lowest BCUT2D eigenvalue weighted by Crippen LogP contribution is -2.33. The highest BCUT2D eigenvalue weighted by atomic mass is 19.1. The van der Waals surface area contributed by atoms with E-state index in [4.69, 9.17) is 14.2 Å². The highest BCUT2D eigenvalue weighted by molar-refractivity contribution is 6.04. The second kappa shape index (κ2) is 11.0. The average molecular weight is 402 g/mol. The number of aliphatic imine (C=N–C) groups is 1. The van der Waals surface area contributed by atoms with Gasteiger partial charge in [-0.25, -0.2) is 9.38 Å². The van der Waals surface area contributed by atoms with Crippen LogP contribution in [0.3, 0.4) is 0 Å². The number of benzene rings is 2. The number of carbonyl (C=O) groups is 1. The van der Waals surface area contributed by atoms with Gasteiger partial charge in [-0.15, -0.1) is 0 Å². The molecule has 0 bridgehead atoms. The number of nitrogens with one attached hydrogen (secondary N) is 1. The molecule has 0 saturated carbocycles. The molecule has 0 unspecified atom stereocenters. The van der Waals surface area contributed by atoms with Crippen LogP contribution in [0, 0.1) is 11.7 Å². The molecule has 2 rings (SSSR count). The van der Waals surface area contributed by atoms with Crippen molar-refractivity contribution in [1.29, 1.82) is 0 Å². The molecule has 6 nitrogen and oxygen atoms in total. The number of ether oxygens (including phenoxy) is 3. The number of amidine groups is 1. The van der Waals surface area contributed by atoms with Crippen molar-refractivity contribution in [2.75, 3.05) is 27.4 Å². The SMILES string of the molecule is COc1ccc(CCN=C(NC(=O)c2ccc(F)cc2)OCC(C)C)cc1OC. The predicted octanol–water partition coefficient (Wildman–Crippen LogP) is 3.84. The van der Waals surface area contributed by atoms with Crippen LogP contribution in [-0.2, 0) is 11.2 Å². The number of nitrogens with zero attached hydrogens (tertiary/aromatic N) is 1. The number of amides is 1. The van der Waals surface area contributed by atoms with Gasteiger partial charge in [-0.3, -0.25) is 10.1 Å². The third-order valence-corrected chi connectivity index (χ3v) is 3.98. The van der Waals surface area contributed by atoms with E-state index in [1.54, 1.807) is 14.2 Å². The Morgan fingerprint density at radius 1 is 1.07 bits per heavy atom. The Balaban J connectivity index is 2.05. The number of hydrogen-bond donors (Lipinski definition) is 1. The first-order valence-electron chi connectivity index (χ1n) is 9.38. The minimum absolute atomic E-state index is 0.147. The largest absolute Gasteiger partial charge is 0.493 e. The van der Waals surface area contributed by atoms with Gasteiger partial charge >= 0.3 is 0 Å². The van der Waals surface area contributed by atoms with E-state index >= 15 is 0 Å². The molecule has 1 amide bonds. The van der Waals surface area contributed by atoms with Crippen LogP contribution in [-0.4, -0.2) is 39.3 Å². The first-order valence-corrected chi connectivity index (χ1v) is 9.38. The van der Waals surface area contributed by atoms with Gasteiger partial charge in [0.25, 0.3) is 11.9 Å². The van der Waals surface area contributed by atoms with Crippen molar-refractivity contribution in [2.24, 2.45) is 10.9 Å². The molecule has 156 valence electrons. The van der Waals surface area contributed by atoms with Crippen LogP contribution in [0.25, 0.3) is 0 Å². The lowest BCUT2D eigenvalue weighted by atomic mass is 10.1. The molecule has 0 saturated heterocycles. The third kappa shape index (κ3) is 7.10. The molecule has 0 aliphatic carbocycles. The Labute approximate surface area is 170 Å². The zero-order chi connectivity index (χ0) is 21.2. The second-order valence-corrected chi connectivity index (χ2v) is 6.79. The standard InChI is InChI=1S/C22H27FN2O4/c1-15(2)14-29-22(25-21(26)17-6-8-18(23)9-7-17)24-12-11-16-5-10-19(27-3)20(13-16)28-4/h5-10,13,15H,11-12,14H2,1-4H3,(H,24,25,26). The van der Waals surface area contributed by atoms with Gasteiger partial charge in [0.1, 0.15) is 5.82 Å². The van der Waals surface area contributed by atoms with Crippen LogP contribution in [0.2, 0.25) is 0 Å². The van der Waals surface area contributed by atoms with Gasteiger partial charge in [-0.1, -0.05) is 19.9 Å². The Morgan fingerprint density at radius 3 is 2.38 bits per heavy atom. The molecule has 0 aromatic heterocycles. The summed E-state index contributed by atoms with van der Waals surface area (Å²) in [6.07, 6.45) is 0.626. The van der Waals surface area contributed by atoms with Crippen LogP contribution in [0.15, 0.2) is 47.5 Å². The Bertz CT molecular complexity index is 835. The monoisotopic (exact) mass is 402 g/mol. The summed E-state index contributed by atoms with van der Waals surface area (Å²) in [7, 11) is 3.17. The van der Waals surface area contributed by atoms with E-state index in [0.29, 0.717) is 36.6 Å². The number of carbonyl (C=O) groups excluding carboxylic acids is 1. The van der Waals surface area contributed by atoms with Crippen molar-refractivity contribution in [2.45, 2.75) is 20.3 Å². The molecule has 1 N–H and O–H groups in total. The summed E-state index contributed by atoms with van der Waals surface area (Å²) in [6, 6.07) is 11.1. The third-order valence-electron chi connectivity index (χ3n) is 3.98. The fourth-order valence-corrected chi connectivity index (χ4v) is 2.46. The lowest BCUT2D eigenvalue weighted by molar-refractivity contribution is 0.0963. The van der Waals surface area contributed by atoms with Gasteiger partial charge in [0.15, 0.2) is 11.5 Å². The average Bonchev–Trinajstić information content (AvgIpc) is 2.72. The fourth-order valence-electron chi connectivity index (χ4n) is 2.46. The first-order chi connectivity index (χ1) is 13.9. The normalized spacial score (nSPS) is 11.3. The molecule has 7 heteroatoms. The maximum Gasteiger partial charge on any atom is 0.291 e. The van der Waals surface area contributed by atoms with E-state index < -0.39 is 11.7 Å². The summed E-state index contributed by atoms with van der Waals surface area (Å²) in [6.45, 7) is 4.83. The summed E-state index contributed by atoms with van der Waals surface area (Å²) < 4.78 is 29.2. The van der Waals surface area contributed by atoms with Crippen LogP contribution in [0.4, 0.5) is 4.39 Å². The maximum absolute atomic E-state index is 13.1. The minimum atomic E-state index is -0.404. The second-order valence-electron chi connectivity index (χ2n) is 6.79. The van der Waals surface area contributed by atoms with Crippen LogP contribution >= 0.6 is 0 Å². The van der Waals surface area contributed by atoms with Gasteiger partial charge < -0.3 is 14.2 Å². The van der Waals surface area contributed by atoms with Gasteiger partial charge in [0.2, 0.25) is 0 Å². The highest BCUT2D eigenvalue weighted by Crippen LogP contribution is 2.27. The van der Waals surface area contributed by atoms with E-state index in [9.17, 15) is 9.18 Å². The van der Waals surface area contributed by atoms with Crippen LogP contribution in [0.1, 0.15) is 29.8 Å². The molecule has 29 heavy (non-hydrogen) atoms. The molecular weight excluding hydrogens is 375 g/mol. The molecule has 0 heterocycles. The molecule has 0 aliphatic rings. The van der Waals surface area contributed by atoms with Crippen LogP contribution in [0.5, 0.6) is 11.5 Å². The smallest absolute Gasteiger partial charge is 0.291 e. The number of rotatable bonds is 8. The molecule has 0 radical (unpaired) electrons. The Hall–Kier alpha value is -3.09. The maximum atomic E-state index is 13.1. The van der Waals surface area contributed by atoms with Crippen molar-refractivity contribution < 1.29 is 23.4 Å². The summed E-state index contributed by atoms with van der Waals surface area (Å²) in [5.41, 5.74) is 1.34. The summed E-state index contributed by atoms with van der Waals surface area (Å²) in [5.74, 6) is 0.774. The van der Waals surface area contributed by atoms with E-state index in [1.165, 1.54) is 24.3 Å². The number of hydrogen-bond acceptors (Lipinski definition) is 5. The van der Waals surface area contributed by atoms with Gasteiger partial charge in [0, 0.05) is 12.1 Å². The van der Waals surface area contributed by atoms with Crippen molar-refractivity contribution in [3.05, 3.63) is 59.4 Å². The first kappa shape index (κ1) is 22.2. The minimum Gasteiger partial charge on any atom is -0.493 e. The van der Waals surface area contributed by atoms with E-state index in [0.717, 1.165) is 5.56 Å². The van der Waals surface area contributed by atoms with Crippen molar-refractivity contribution in [3.8, 4) is 11.5 Å². The van der Waals surface area contributed by atoms with Crippen molar-refractivity contribution >= 4 is 11.9 Å². The van der Waals surface area contributed by atoms with Gasteiger partial charge in [0.05, 0.1) is 20.8 Å². The Kier molecular flexibility index (Phi) is 8.45. The molecule has 0 atom stereocenters. The predicted molar refractivity (Wildman–Crippen MR) is 110 cm³/mol. The molecule has 0 aliphatic heterocycles. The zero-order valence-corrected chi connectivity index (χ0v) is 17.2. The van der Waals surface area contributed by atoms with Crippen molar-refractivity contribution in [3.63, 3.8) is 0 Å². The summed E-state index contributed by atoms with van der Waals surface area (Å²) in [5, 5.41) is 2.66. The van der Waals surface area contributed by atoms with Gasteiger partial charge in [-0.2, -0.15) is 0 Å². The highest BCUT2D eigenvalue weighted by Gasteiger charge is 2.11. The summed E-state index contributed by atoms with van der Waals surface area (Å²) in [4.78, 5) is 16.8. The Morgan fingerprint density at radius 2 is 1.76 bits per heavy atom. The lowest BCUT2D eigenvalue weighted by Gasteiger charge is -2.13. The fraction of sp³-hybridized carbons (Fsp3) is 0.364. The quantitative estimate of drug-likeness (QED) is 0.538.